The molecule has 1 fully saturated rings. The first kappa shape index (κ1) is 14.8. The van der Waals surface area contributed by atoms with Gasteiger partial charge in [-0.05, 0) is 37.6 Å². The molecule has 1 saturated heterocycles. The Kier molecular flexibility index (Phi) is 4.29. The maximum absolute atomic E-state index is 13.8. The molecule has 0 amide bonds. The number of rotatable bonds is 4. The van der Waals surface area contributed by atoms with Crippen LogP contribution in [-0.4, -0.2) is 40.7 Å². The summed E-state index contributed by atoms with van der Waals surface area (Å²) in [7, 11) is 3.88. The van der Waals surface area contributed by atoms with Gasteiger partial charge < -0.3 is 4.90 Å². The molecule has 2 aromatic rings. The summed E-state index contributed by atoms with van der Waals surface area (Å²) in [5.74, 6) is 0.593. The fourth-order valence-electron chi connectivity index (χ4n) is 2.85. The predicted molar refractivity (Wildman–Crippen MR) is 82.9 cm³/mol. The molecule has 3 rings (SSSR count). The molecule has 3 heterocycles. The lowest BCUT2D eigenvalue weighted by Crippen LogP contribution is -2.24. The number of halogens is 1. The molecule has 6 heteroatoms. The van der Waals surface area contributed by atoms with E-state index in [9.17, 15) is 4.39 Å². The van der Waals surface area contributed by atoms with E-state index in [4.69, 9.17) is 0 Å². The van der Waals surface area contributed by atoms with Crippen LogP contribution in [0.25, 0.3) is 0 Å². The van der Waals surface area contributed by atoms with Crippen molar-refractivity contribution in [1.82, 2.24) is 20.1 Å². The smallest absolute Gasteiger partial charge is 0.150 e. The lowest BCUT2D eigenvalue weighted by Gasteiger charge is -2.24. The summed E-state index contributed by atoms with van der Waals surface area (Å²) in [4.78, 5) is 7.99. The monoisotopic (exact) mass is 301 g/mol. The lowest BCUT2D eigenvalue weighted by molar-refractivity contribution is 0.240. The minimum absolute atomic E-state index is 0.205. The second-order valence-electron chi connectivity index (χ2n) is 5.81. The first-order valence-electron chi connectivity index (χ1n) is 7.48. The minimum Gasteiger partial charge on any atom is -0.361 e. The maximum Gasteiger partial charge on any atom is 0.150 e. The van der Waals surface area contributed by atoms with E-state index in [-0.39, 0.29) is 11.9 Å². The molecule has 2 aromatic heterocycles. The Balaban J connectivity index is 1.77. The van der Waals surface area contributed by atoms with Crippen molar-refractivity contribution in [1.29, 1.82) is 0 Å². The van der Waals surface area contributed by atoms with E-state index in [0.717, 1.165) is 30.9 Å². The van der Waals surface area contributed by atoms with Gasteiger partial charge in [0.15, 0.2) is 5.82 Å². The highest BCUT2D eigenvalue weighted by Gasteiger charge is 2.28. The minimum atomic E-state index is -0.248. The molecule has 0 aromatic carbocycles. The molecule has 0 spiro atoms. The molecular weight excluding hydrogens is 281 g/mol. The third-order valence-corrected chi connectivity index (χ3v) is 4.06. The maximum atomic E-state index is 13.8. The summed E-state index contributed by atoms with van der Waals surface area (Å²) in [5, 5.41) is 8.60. The highest BCUT2D eigenvalue weighted by atomic mass is 19.1. The average molecular weight is 301 g/mol. The van der Waals surface area contributed by atoms with Gasteiger partial charge in [-0.15, -0.1) is 5.10 Å². The summed E-state index contributed by atoms with van der Waals surface area (Å²) in [6.07, 6.45) is 5.03. The van der Waals surface area contributed by atoms with Gasteiger partial charge in [0.2, 0.25) is 0 Å². The summed E-state index contributed by atoms with van der Waals surface area (Å²) >= 11 is 0. The Morgan fingerprint density at radius 3 is 2.82 bits per heavy atom. The Bertz CT molecular complexity index is 629. The van der Waals surface area contributed by atoms with Gasteiger partial charge in [-0.2, -0.15) is 5.10 Å². The van der Waals surface area contributed by atoms with Gasteiger partial charge in [0.05, 0.1) is 17.9 Å². The van der Waals surface area contributed by atoms with Gasteiger partial charge in [-0.3, -0.25) is 9.88 Å². The third-order valence-electron chi connectivity index (χ3n) is 4.06. The van der Waals surface area contributed by atoms with Crippen molar-refractivity contribution >= 4 is 5.82 Å². The number of anilines is 1. The first-order valence-corrected chi connectivity index (χ1v) is 7.48. The standard InChI is InChI=1S/C16H20FN5/c1-21(2)16-6-5-14(19-20-16)15-4-3-9-22(15)11-12-7-8-18-10-13(12)17/h5-8,10,15H,3-4,9,11H2,1-2H3. The quantitative estimate of drug-likeness (QED) is 0.868. The van der Waals surface area contributed by atoms with Gasteiger partial charge >= 0.3 is 0 Å². The number of aromatic nitrogens is 3. The van der Waals surface area contributed by atoms with Crippen LogP contribution in [0.15, 0.2) is 30.6 Å². The zero-order chi connectivity index (χ0) is 15.5. The van der Waals surface area contributed by atoms with Crippen molar-refractivity contribution in [2.75, 3.05) is 25.5 Å². The highest BCUT2D eigenvalue weighted by Crippen LogP contribution is 2.32. The Hall–Kier alpha value is -2.08. The second-order valence-corrected chi connectivity index (χ2v) is 5.81. The van der Waals surface area contributed by atoms with Gasteiger partial charge in [0, 0.05) is 32.4 Å². The fraction of sp³-hybridized carbons (Fsp3) is 0.438. The molecule has 0 N–H and O–H groups in total. The predicted octanol–water partition coefficient (Wildman–Crippen LogP) is 2.41. The van der Waals surface area contributed by atoms with Gasteiger partial charge in [0.25, 0.3) is 0 Å². The first-order chi connectivity index (χ1) is 10.6. The van der Waals surface area contributed by atoms with Gasteiger partial charge in [-0.1, -0.05) is 0 Å². The van der Waals surface area contributed by atoms with E-state index in [1.54, 1.807) is 12.3 Å². The fourth-order valence-corrected chi connectivity index (χ4v) is 2.85. The summed E-state index contributed by atoms with van der Waals surface area (Å²) < 4.78 is 13.8. The number of likely N-dealkylation sites (tertiary alicyclic amines) is 1. The van der Waals surface area contributed by atoms with Gasteiger partial charge in [0.1, 0.15) is 5.82 Å². The zero-order valence-corrected chi connectivity index (χ0v) is 12.9. The molecule has 116 valence electrons. The van der Waals surface area contributed by atoms with Crippen LogP contribution >= 0.6 is 0 Å². The SMILES string of the molecule is CN(C)c1ccc(C2CCCN2Cc2ccncc2F)nn1. The zero-order valence-electron chi connectivity index (χ0n) is 12.9. The normalized spacial score (nSPS) is 18.6. The summed E-state index contributed by atoms with van der Waals surface area (Å²) in [6, 6.07) is 5.95. The van der Waals surface area contributed by atoms with Crippen LogP contribution in [0.2, 0.25) is 0 Å². The van der Waals surface area contributed by atoms with Crippen LogP contribution in [0, 0.1) is 5.82 Å². The molecule has 1 aliphatic heterocycles. The molecule has 0 aliphatic carbocycles. The van der Waals surface area contributed by atoms with Crippen LogP contribution in [0.4, 0.5) is 10.2 Å². The van der Waals surface area contributed by atoms with E-state index in [0.29, 0.717) is 12.1 Å². The van der Waals surface area contributed by atoms with E-state index in [2.05, 4.69) is 20.1 Å². The molecule has 5 nitrogen and oxygen atoms in total. The molecular formula is C16H20FN5. The van der Waals surface area contributed by atoms with Crippen molar-refractivity contribution in [3.05, 3.63) is 47.7 Å². The van der Waals surface area contributed by atoms with E-state index in [1.807, 2.05) is 31.1 Å². The Labute approximate surface area is 129 Å². The van der Waals surface area contributed by atoms with Crippen molar-refractivity contribution in [3.63, 3.8) is 0 Å². The number of pyridine rings is 1. The van der Waals surface area contributed by atoms with Crippen molar-refractivity contribution in [3.8, 4) is 0 Å². The van der Waals surface area contributed by atoms with Crippen molar-refractivity contribution < 1.29 is 4.39 Å². The summed E-state index contributed by atoms with van der Waals surface area (Å²) in [5.41, 5.74) is 1.64. The van der Waals surface area contributed by atoms with E-state index < -0.39 is 0 Å². The molecule has 0 saturated carbocycles. The number of hydrogen-bond donors (Lipinski definition) is 0. The van der Waals surface area contributed by atoms with Crippen LogP contribution in [0.5, 0.6) is 0 Å². The molecule has 1 unspecified atom stereocenters. The van der Waals surface area contributed by atoms with Gasteiger partial charge in [-0.25, -0.2) is 4.39 Å². The molecule has 22 heavy (non-hydrogen) atoms. The van der Waals surface area contributed by atoms with Crippen molar-refractivity contribution in [2.24, 2.45) is 0 Å². The van der Waals surface area contributed by atoms with Crippen LogP contribution in [0.3, 0.4) is 0 Å². The molecule has 1 atom stereocenters. The highest BCUT2D eigenvalue weighted by molar-refractivity contribution is 5.35. The molecule has 0 bridgehead atoms. The summed E-state index contributed by atoms with van der Waals surface area (Å²) in [6.45, 7) is 1.53. The van der Waals surface area contributed by atoms with E-state index in [1.165, 1.54) is 6.20 Å². The third kappa shape index (κ3) is 3.06. The largest absolute Gasteiger partial charge is 0.361 e. The van der Waals surface area contributed by atoms with Crippen LogP contribution < -0.4 is 4.90 Å². The average Bonchev–Trinajstić information content (AvgIpc) is 2.98. The second kappa shape index (κ2) is 6.36. The lowest BCUT2D eigenvalue weighted by atomic mass is 10.1. The number of nitrogens with zero attached hydrogens (tertiary/aromatic N) is 5. The van der Waals surface area contributed by atoms with E-state index >= 15 is 0 Å². The molecule has 1 aliphatic rings. The van der Waals surface area contributed by atoms with Crippen LogP contribution in [0.1, 0.15) is 30.1 Å². The molecule has 0 radical (unpaired) electrons. The Morgan fingerprint density at radius 1 is 1.27 bits per heavy atom. The van der Waals surface area contributed by atoms with Crippen molar-refractivity contribution in [2.45, 2.75) is 25.4 Å². The number of hydrogen-bond acceptors (Lipinski definition) is 5. The Morgan fingerprint density at radius 2 is 2.14 bits per heavy atom. The van der Waals surface area contributed by atoms with Crippen LogP contribution in [-0.2, 0) is 6.54 Å². The topological polar surface area (TPSA) is 45.2 Å².